The minimum Gasteiger partial charge on any atom is -0.445 e. The number of amides is 1. The Morgan fingerprint density at radius 3 is 3.05 bits per heavy atom. The van der Waals surface area contributed by atoms with Crippen LogP contribution in [-0.2, 0) is 4.74 Å². The van der Waals surface area contributed by atoms with Gasteiger partial charge < -0.3 is 15.5 Å². The first-order chi connectivity index (χ1) is 9.61. The predicted molar refractivity (Wildman–Crippen MR) is 79.5 cm³/mol. The number of carbonyl (C=O) groups excluding carboxylic acids is 1. The van der Waals surface area contributed by atoms with Crippen molar-refractivity contribution in [1.82, 2.24) is 10.7 Å². The number of alkyl carbamates (subject to hydrolysis) is 1. The Bertz CT molecular complexity index is 561. The van der Waals surface area contributed by atoms with Crippen LogP contribution in [0.25, 0.3) is 0 Å². The molecule has 1 aromatic rings. The second-order valence-corrected chi connectivity index (χ2v) is 4.89. The summed E-state index contributed by atoms with van der Waals surface area (Å²) >= 11 is 11.9. The van der Waals surface area contributed by atoms with Crippen LogP contribution in [0.15, 0.2) is 36.0 Å². The van der Waals surface area contributed by atoms with Crippen LogP contribution in [0.4, 0.5) is 4.79 Å². The molecule has 20 heavy (non-hydrogen) atoms. The Morgan fingerprint density at radius 1 is 1.55 bits per heavy atom. The lowest BCUT2D eigenvalue weighted by Crippen LogP contribution is -2.42. The number of benzene rings is 1. The molecule has 0 radical (unpaired) electrons. The van der Waals surface area contributed by atoms with E-state index in [0.29, 0.717) is 22.3 Å². The molecule has 5 nitrogen and oxygen atoms in total. The summed E-state index contributed by atoms with van der Waals surface area (Å²) in [5.74, 6) is 0. The van der Waals surface area contributed by atoms with E-state index in [1.54, 1.807) is 18.2 Å². The first-order valence-corrected chi connectivity index (χ1v) is 6.67. The van der Waals surface area contributed by atoms with Gasteiger partial charge in [0, 0.05) is 5.56 Å². The third kappa shape index (κ3) is 3.43. The van der Waals surface area contributed by atoms with Gasteiger partial charge in [0.2, 0.25) is 0 Å². The fraction of sp³-hybridized carbons (Fsp3) is 0.231. The van der Waals surface area contributed by atoms with Gasteiger partial charge in [0.15, 0.2) is 0 Å². The van der Waals surface area contributed by atoms with E-state index in [-0.39, 0.29) is 12.6 Å². The van der Waals surface area contributed by atoms with Crippen molar-refractivity contribution >= 4 is 35.0 Å². The van der Waals surface area contributed by atoms with Crippen molar-refractivity contribution in [2.45, 2.75) is 6.04 Å². The van der Waals surface area contributed by atoms with Gasteiger partial charge >= 0.3 is 6.09 Å². The molecule has 1 aliphatic heterocycles. The van der Waals surface area contributed by atoms with E-state index in [1.165, 1.54) is 6.08 Å². The zero-order valence-electron chi connectivity index (χ0n) is 10.5. The van der Waals surface area contributed by atoms with Gasteiger partial charge in [-0.3, -0.25) is 0 Å². The lowest BCUT2D eigenvalue weighted by molar-refractivity contribution is 0.157. The van der Waals surface area contributed by atoms with Crippen molar-refractivity contribution in [3.63, 3.8) is 0 Å². The normalized spacial score (nSPS) is 17.1. The molecule has 1 atom stereocenters. The topological polar surface area (TPSA) is 62.7 Å². The predicted octanol–water partition coefficient (Wildman–Crippen LogP) is 2.58. The molecule has 0 fully saturated rings. The fourth-order valence-electron chi connectivity index (χ4n) is 1.76. The lowest BCUT2D eigenvalue weighted by Gasteiger charge is -2.14. The van der Waals surface area contributed by atoms with Crippen molar-refractivity contribution in [1.29, 1.82) is 0 Å². The molecular weight excluding hydrogens is 301 g/mol. The van der Waals surface area contributed by atoms with Crippen LogP contribution in [0.1, 0.15) is 5.56 Å². The van der Waals surface area contributed by atoms with Crippen LogP contribution in [0.5, 0.6) is 0 Å². The summed E-state index contributed by atoms with van der Waals surface area (Å²) in [5, 5.41) is 7.79. The van der Waals surface area contributed by atoms with Crippen LogP contribution in [-0.4, -0.2) is 31.0 Å². The van der Waals surface area contributed by atoms with E-state index < -0.39 is 6.09 Å². The standard InChI is InChI=1S/C13H13Cl2N3O2/c1-2-5-20-13(19)17-11-7-16-18-12(11)8-3-4-9(14)10(15)6-8/h2-4,6,11,16H,1,5,7H2,(H,17,19). The molecule has 0 saturated heterocycles. The highest BCUT2D eigenvalue weighted by Crippen LogP contribution is 2.23. The van der Waals surface area contributed by atoms with Crippen LogP contribution < -0.4 is 10.7 Å². The zero-order chi connectivity index (χ0) is 14.5. The van der Waals surface area contributed by atoms with Crippen LogP contribution in [0.2, 0.25) is 10.0 Å². The second-order valence-electron chi connectivity index (χ2n) is 4.07. The van der Waals surface area contributed by atoms with E-state index >= 15 is 0 Å². The summed E-state index contributed by atoms with van der Waals surface area (Å²) in [6.07, 6.45) is 0.979. The van der Waals surface area contributed by atoms with E-state index in [1.807, 2.05) is 0 Å². The lowest BCUT2D eigenvalue weighted by atomic mass is 10.0. The third-order valence-corrected chi connectivity index (χ3v) is 3.40. The maximum absolute atomic E-state index is 11.5. The van der Waals surface area contributed by atoms with Crippen LogP contribution in [0, 0.1) is 0 Å². The minimum absolute atomic E-state index is 0.158. The zero-order valence-corrected chi connectivity index (χ0v) is 12.0. The number of rotatable bonds is 4. The smallest absolute Gasteiger partial charge is 0.408 e. The molecule has 0 aromatic heterocycles. The Hall–Kier alpha value is -1.72. The molecule has 1 aliphatic rings. The highest BCUT2D eigenvalue weighted by atomic mass is 35.5. The highest BCUT2D eigenvalue weighted by Gasteiger charge is 2.25. The molecular formula is C13H13Cl2N3O2. The SMILES string of the molecule is C=CCOC(=O)NC1CNN=C1c1ccc(Cl)c(Cl)c1. The van der Waals surface area contributed by atoms with Crippen LogP contribution in [0.3, 0.4) is 0 Å². The highest BCUT2D eigenvalue weighted by molar-refractivity contribution is 6.42. The molecule has 106 valence electrons. The Labute approximate surface area is 126 Å². The second kappa shape index (κ2) is 6.63. The van der Waals surface area contributed by atoms with Gasteiger partial charge in [-0.05, 0) is 12.1 Å². The van der Waals surface area contributed by atoms with E-state index in [2.05, 4.69) is 22.4 Å². The Kier molecular flexibility index (Phi) is 4.87. The van der Waals surface area contributed by atoms with Gasteiger partial charge in [0.25, 0.3) is 0 Å². The summed E-state index contributed by atoms with van der Waals surface area (Å²) in [6.45, 7) is 4.12. The van der Waals surface area contributed by atoms with Crippen molar-refractivity contribution in [2.24, 2.45) is 5.10 Å². The summed E-state index contributed by atoms with van der Waals surface area (Å²) in [5.41, 5.74) is 4.31. The number of nitrogens with zero attached hydrogens (tertiary/aromatic N) is 1. The maximum atomic E-state index is 11.5. The Morgan fingerprint density at radius 2 is 2.35 bits per heavy atom. The molecule has 1 amide bonds. The van der Waals surface area contributed by atoms with Crippen molar-refractivity contribution in [3.8, 4) is 0 Å². The van der Waals surface area contributed by atoms with E-state index in [0.717, 1.165) is 5.56 Å². The van der Waals surface area contributed by atoms with Crippen molar-refractivity contribution in [2.75, 3.05) is 13.2 Å². The summed E-state index contributed by atoms with van der Waals surface area (Å²) in [7, 11) is 0. The number of hydrogen-bond donors (Lipinski definition) is 2. The monoisotopic (exact) mass is 313 g/mol. The number of nitrogens with one attached hydrogen (secondary N) is 2. The number of hydrazone groups is 1. The van der Waals surface area contributed by atoms with E-state index in [4.69, 9.17) is 27.9 Å². The van der Waals surface area contributed by atoms with Crippen molar-refractivity contribution in [3.05, 3.63) is 46.5 Å². The summed E-state index contributed by atoms with van der Waals surface area (Å²) < 4.78 is 4.88. The fourth-order valence-corrected chi connectivity index (χ4v) is 2.05. The molecule has 1 aromatic carbocycles. The molecule has 1 unspecified atom stereocenters. The number of carbonyl (C=O) groups is 1. The molecule has 2 N–H and O–H groups in total. The quantitative estimate of drug-likeness (QED) is 0.840. The first-order valence-electron chi connectivity index (χ1n) is 5.92. The Balaban J connectivity index is 2.08. The number of ether oxygens (including phenoxy) is 1. The molecule has 1 heterocycles. The molecule has 0 aliphatic carbocycles. The maximum Gasteiger partial charge on any atom is 0.408 e. The van der Waals surface area contributed by atoms with Crippen LogP contribution >= 0.6 is 23.2 Å². The summed E-state index contributed by atoms with van der Waals surface area (Å²) in [6, 6.07) is 4.90. The largest absolute Gasteiger partial charge is 0.445 e. The average molecular weight is 314 g/mol. The number of halogens is 2. The number of hydrogen-bond acceptors (Lipinski definition) is 4. The molecule has 7 heteroatoms. The molecule has 0 bridgehead atoms. The minimum atomic E-state index is -0.522. The van der Waals surface area contributed by atoms with Gasteiger partial charge in [-0.2, -0.15) is 5.10 Å². The molecule has 0 spiro atoms. The van der Waals surface area contributed by atoms with Gasteiger partial charge in [-0.1, -0.05) is 41.9 Å². The van der Waals surface area contributed by atoms with Gasteiger partial charge in [0.1, 0.15) is 6.61 Å². The van der Waals surface area contributed by atoms with Gasteiger partial charge in [-0.25, -0.2) is 4.79 Å². The summed E-state index contributed by atoms with van der Waals surface area (Å²) in [4.78, 5) is 11.5. The molecule has 0 saturated carbocycles. The van der Waals surface area contributed by atoms with E-state index in [9.17, 15) is 4.79 Å². The average Bonchev–Trinajstić information content (AvgIpc) is 2.87. The van der Waals surface area contributed by atoms with Gasteiger partial charge in [-0.15, -0.1) is 0 Å². The third-order valence-electron chi connectivity index (χ3n) is 2.66. The first kappa shape index (κ1) is 14.7. The van der Waals surface area contributed by atoms with Crippen molar-refractivity contribution < 1.29 is 9.53 Å². The van der Waals surface area contributed by atoms with Gasteiger partial charge in [0.05, 0.1) is 28.3 Å². The molecule has 2 rings (SSSR count).